The SMILES string of the molecule is CCCCCCC/C=C/C(CCCCCCC)C(CC(=O)O)C(=O)O. The van der Waals surface area contributed by atoms with E-state index in [1.54, 1.807) is 0 Å². The Morgan fingerprint density at radius 3 is 1.92 bits per heavy atom. The highest BCUT2D eigenvalue weighted by molar-refractivity contribution is 5.78. The summed E-state index contributed by atoms with van der Waals surface area (Å²) in [6.45, 7) is 4.36. The molecule has 0 aliphatic carbocycles. The first-order valence-corrected chi connectivity index (χ1v) is 10.1. The van der Waals surface area contributed by atoms with Crippen LogP contribution in [0.25, 0.3) is 0 Å². The zero-order chi connectivity index (χ0) is 18.9. The van der Waals surface area contributed by atoms with E-state index in [2.05, 4.69) is 19.9 Å². The van der Waals surface area contributed by atoms with E-state index in [4.69, 9.17) is 5.11 Å². The van der Waals surface area contributed by atoms with Gasteiger partial charge in [-0.2, -0.15) is 0 Å². The summed E-state index contributed by atoms with van der Waals surface area (Å²) in [6, 6.07) is 0. The minimum atomic E-state index is -1.03. The van der Waals surface area contributed by atoms with Gasteiger partial charge in [0.1, 0.15) is 0 Å². The Morgan fingerprint density at radius 1 is 0.840 bits per heavy atom. The molecule has 0 aromatic rings. The molecule has 0 radical (unpaired) electrons. The van der Waals surface area contributed by atoms with Crippen molar-refractivity contribution in [3.05, 3.63) is 12.2 Å². The molecule has 0 spiro atoms. The Hall–Kier alpha value is -1.32. The van der Waals surface area contributed by atoms with Crippen molar-refractivity contribution in [2.45, 2.75) is 97.3 Å². The Labute approximate surface area is 153 Å². The second-order valence-electron chi connectivity index (χ2n) is 7.04. The molecule has 0 amide bonds. The molecular formula is C21H38O4. The zero-order valence-corrected chi connectivity index (χ0v) is 16.2. The van der Waals surface area contributed by atoms with Crippen LogP contribution in [0.3, 0.4) is 0 Å². The summed E-state index contributed by atoms with van der Waals surface area (Å²) in [5.74, 6) is -3.02. The van der Waals surface area contributed by atoms with E-state index in [0.717, 1.165) is 32.1 Å². The minimum absolute atomic E-state index is 0.175. The van der Waals surface area contributed by atoms with Gasteiger partial charge in [0, 0.05) is 0 Å². The van der Waals surface area contributed by atoms with Gasteiger partial charge in [0.15, 0.2) is 0 Å². The largest absolute Gasteiger partial charge is 0.481 e. The Kier molecular flexibility index (Phi) is 15.3. The van der Waals surface area contributed by atoms with Crippen molar-refractivity contribution < 1.29 is 19.8 Å². The molecule has 4 nitrogen and oxygen atoms in total. The van der Waals surface area contributed by atoms with Crippen LogP contribution in [0.5, 0.6) is 0 Å². The molecule has 0 fully saturated rings. The Bertz CT molecular complexity index is 376. The van der Waals surface area contributed by atoms with E-state index in [-0.39, 0.29) is 12.3 Å². The van der Waals surface area contributed by atoms with E-state index in [1.165, 1.54) is 44.9 Å². The topological polar surface area (TPSA) is 74.6 Å². The number of rotatable bonds is 17. The lowest BCUT2D eigenvalue weighted by Gasteiger charge is -2.20. The van der Waals surface area contributed by atoms with Crippen LogP contribution in [-0.4, -0.2) is 22.2 Å². The summed E-state index contributed by atoms with van der Waals surface area (Å²) in [4.78, 5) is 22.5. The minimum Gasteiger partial charge on any atom is -0.481 e. The summed E-state index contributed by atoms with van der Waals surface area (Å²) in [6.07, 6.45) is 17.1. The number of hydrogen-bond donors (Lipinski definition) is 2. The number of hydrogen-bond acceptors (Lipinski definition) is 2. The van der Waals surface area contributed by atoms with Crippen molar-refractivity contribution in [2.24, 2.45) is 11.8 Å². The van der Waals surface area contributed by atoms with Crippen LogP contribution < -0.4 is 0 Å². The van der Waals surface area contributed by atoms with E-state index in [0.29, 0.717) is 0 Å². The fraction of sp³-hybridized carbons (Fsp3) is 0.810. The monoisotopic (exact) mass is 354 g/mol. The maximum atomic E-state index is 11.5. The molecule has 0 aromatic carbocycles. The Balaban J connectivity index is 4.52. The van der Waals surface area contributed by atoms with Crippen LogP contribution in [0.15, 0.2) is 12.2 Å². The first kappa shape index (κ1) is 23.7. The molecule has 0 bridgehead atoms. The van der Waals surface area contributed by atoms with Crippen molar-refractivity contribution >= 4 is 11.9 Å². The van der Waals surface area contributed by atoms with Crippen molar-refractivity contribution in [3.8, 4) is 0 Å². The lowest BCUT2D eigenvalue weighted by atomic mass is 9.84. The van der Waals surface area contributed by atoms with Crippen LogP contribution >= 0.6 is 0 Å². The third-order valence-electron chi connectivity index (χ3n) is 4.73. The van der Waals surface area contributed by atoms with Gasteiger partial charge in [-0.3, -0.25) is 9.59 Å². The van der Waals surface area contributed by atoms with Gasteiger partial charge in [-0.1, -0.05) is 83.8 Å². The summed E-state index contributed by atoms with van der Waals surface area (Å²) in [5, 5.41) is 18.5. The molecule has 25 heavy (non-hydrogen) atoms. The van der Waals surface area contributed by atoms with Gasteiger partial charge < -0.3 is 10.2 Å². The quantitative estimate of drug-likeness (QED) is 0.246. The van der Waals surface area contributed by atoms with Crippen molar-refractivity contribution in [3.63, 3.8) is 0 Å². The van der Waals surface area contributed by atoms with Crippen molar-refractivity contribution in [1.29, 1.82) is 0 Å². The second-order valence-corrected chi connectivity index (χ2v) is 7.04. The van der Waals surface area contributed by atoms with Crippen LogP contribution in [0.4, 0.5) is 0 Å². The molecule has 0 aromatic heterocycles. The molecule has 2 N–H and O–H groups in total. The molecule has 4 heteroatoms. The maximum Gasteiger partial charge on any atom is 0.307 e. The van der Waals surface area contributed by atoms with Crippen LogP contribution in [0.2, 0.25) is 0 Å². The van der Waals surface area contributed by atoms with Gasteiger partial charge in [0.05, 0.1) is 12.3 Å². The highest BCUT2D eigenvalue weighted by atomic mass is 16.4. The average Bonchev–Trinajstić information content (AvgIpc) is 2.56. The normalized spacial score (nSPS) is 13.8. The first-order valence-electron chi connectivity index (χ1n) is 10.1. The van der Waals surface area contributed by atoms with E-state index in [1.807, 2.05) is 6.08 Å². The van der Waals surface area contributed by atoms with E-state index in [9.17, 15) is 14.7 Å². The third kappa shape index (κ3) is 13.6. The summed E-state index contributed by atoms with van der Waals surface area (Å²) in [7, 11) is 0. The van der Waals surface area contributed by atoms with E-state index >= 15 is 0 Å². The predicted octanol–water partition coefficient (Wildman–Crippen LogP) is 6.06. The number of allylic oxidation sites excluding steroid dienone is 2. The van der Waals surface area contributed by atoms with Crippen LogP contribution in [-0.2, 0) is 9.59 Å². The van der Waals surface area contributed by atoms with Gasteiger partial charge in [0.25, 0.3) is 0 Å². The predicted molar refractivity (Wildman–Crippen MR) is 103 cm³/mol. The molecule has 0 saturated heterocycles. The van der Waals surface area contributed by atoms with Gasteiger partial charge in [0.2, 0.25) is 0 Å². The van der Waals surface area contributed by atoms with Gasteiger partial charge >= 0.3 is 11.9 Å². The first-order chi connectivity index (χ1) is 12.0. The van der Waals surface area contributed by atoms with Gasteiger partial charge in [-0.25, -0.2) is 0 Å². The summed E-state index contributed by atoms with van der Waals surface area (Å²) in [5.41, 5.74) is 0. The van der Waals surface area contributed by atoms with Crippen LogP contribution in [0.1, 0.15) is 97.3 Å². The fourth-order valence-corrected chi connectivity index (χ4v) is 3.16. The molecule has 0 rings (SSSR count). The maximum absolute atomic E-state index is 11.5. The Morgan fingerprint density at radius 2 is 1.40 bits per heavy atom. The number of unbranched alkanes of at least 4 members (excludes halogenated alkanes) is 9. The number of carbonyl (C=O) groups is 2. The van der Waals surface area contributed by atoms with Gasteiger partial charge in [-0.05, 0) is 25.2 Å². The number of carboxylic acid groups (broad SMARTS) is 2. The third-order valence-corrected chi connectivity index (χ3v) is 4.73. The molecular weight excluding hydrogens is 316 g/mol. The lowest BCUT2D eigenvalue weighted by Crippen LogP contribution is -2.25. The average molecular weight is 355 g/mol. The molecule has 2 unspecified atom stereocenters. The summed E-state index contributed by atoms with van der Waals surface area (Å²) >= 11 is 0. The lowest BCUT2D eigenvalue weighted by molar-refractivity contribution is -0.149. The molecule has 0 aliphatic heterocycles. The van der Waals surface area contributed by atoms with Crippen molar-refractivity contribution in [2.75, 3.05) is 0 Å². The number of aliphatic carboxylic acids is 2. The highest BCUT2D eigenvalue weighted by Gasteiger charge is 2.28. The fourth-order valence-electron chi connectivity index (χ4n) is 3.16. The molecule has 0 saturated carbocycles. The highest BCUT2D eigenvalue weighted by Crippen LogP contribution is 2.25. The molecule has 0 aliphatic rings. The van der Waals surface area contributed by atoms with Crippen LogP contribution in [0, 0.1) is 11.8 Å². The zero-order valence-electron chi connectivity index (χ0n) is 16.2. The molecule has 2 atom stereocenters. The molecule has 146 valence electrons. The van der Waals surface area contributed by atoms with Crippen molar-refractivity contribution in [1.82, 2.24) is 0 Å². The standard InChI is InChI=1S/C21H38O4/c1-3-5-7-9-10-12-14-16-18(15-13-11-8-6-4-2)19(21(24)25)17-20(22)23/h14,16,18-19H,3-13,15,17H2,1-2H3,(H,22,23)(H,24,25)/b16-14+. The number of carboxylic acids is 2. The molecule has 0 heterocycles. The smallest absolute Gasteiger partial charge is 0.307 e. The van der Waals surface area contributed by atoms with E-state index < -0.39 is 17.9 Å². The summed E-state index contributed by atoms with van der Waals surface area (Å²) < 4.78 is 0. The van der Waals surface area contributed by atoms with Gasteiger partial charge in [-0.15, -0.1) is 0 Å². The second kappa shape index (κ2) is 16.2.